The molecule has 0 saturated heterocycles. The average Bonchev–Trinajstić information content (AvgIpc) is 3.36. The van der Waals surface area contributed by atoms with Gasteiger partial charge in [0.25, 0.3) is 11.5 Å². The summed E-state index contributed by atoms with van der Waals surface area (Å²) in [6.45, 7) is 3.55. The zero-order chi connectivity index (χ0) is 29.2. The summed E-state index contributed by atoms with van der Waals surface area (Å²) in [6, 6.07) is 19.2. The van der Waals surface area contributed by atoms with Gasteiger partial charge < -0.3 is 10.1 Å². The molecule has 6 aromatic rings. The van der Waals surface area contributed by atoms with Crippen LogP contribution in [0.15, 0.2) is 90.1 Å². The molecule has 0 radical (unpaired) electrons. The minimum absolute atomic E-state index is 0.297. The van der Waals surface area contributed by atoms with Crippen molar-refractivity contribution in [3.05, 3.63) is 124 Å². The fourth-order valence-corrected chi connectivity index (χ4v) is 4.78. The standard InChI is InChI=1S/C32H25N7O3/c1-20-27(30-33-17-8-18-38(30)37-20)31(40)35-21(2)29-36-25-12-7-9-23(15-13-22-14-16-26(42-3)34-19-22)28(25)32(41)39(29)24-10-5-4-6-11-24/h4-12,14,16-19,21H,1-3H3,(H,35,40). The summed E-state index contributed by atoms with van der Waals surface area (Å²) in [7, 11) is 1.55. The van der Waals surface area contributed by atoms with Crippen molar-refractivity contribution in [2.45, 2.75) is 19.9 Å². The number of para-hydroxylation sites is 1. The lowest BCUT2D eigenvalue weighted by molar-refractivity contribution is 0.0938. The lowest BCUT2D eigenvalue weighted by Gasteiger charge is -2.20. The molecule has 0 saturated carbocycles. The highest BCUT2D eigenvalue weighted by atomic mass is 16.5. The minimum Gasteiger partial charge on any atom is -0.481 e. The molecule has 0 aliphatic rings. The van der Waals surface area contributed by atoms with Crippen molar-refractivity contribution < 1.29 is 9.53 Å². The summed E-state index contributed by atoms with van der Waals surface area (Å²) >= 11 is 0. The van der Waals surface area contributed by atoms with Gasteiger partial charge in [-0.25, -0.2) is 19.5 Å². The second kappa shape index (κ2) is 11.0. The van der Waals surface area contributed by atoms with Crippen LogP contribution in [0.5, 0.6) is 5.88 Å². The number of methoxy groups -OCH3 is 1. The molecule has 0 aliphatic heterocycles. The van der Waals surface area contributed by atoms with Crippen LogP contribution in [0.1, 0.15) is 46.0 Å². The molecule has 1 N–H and O–H groups in total. The number of hydrogen-bond donors (Lipinski definition) is 1. The zero-order valence-electron chi connectivity index (χ0n) is 23.1. The van der Waals surface area contributed by atoms with Gasteiger partial charge in [0.2, 0.25) is 5.88 Å². The van der Waals surface area contributed by atoms with Crippen LogP contribution >= 0.6 is 0 Å². The van der Waals surface area contributed by atoms with Crippen LogP contribution in [0.3, 0.4) is 0 Å². The first-order valence-electron chi connectivity index (χ1n) is 13.2. The van der Waals surface area contributed by atoms with Crippen molar-refractivity contribution in [2.75, 3.05) is 7.11 Å². The first-order valence-corrected chi connectivity index (χ1v) is 13.2. The van der Waals surface area contributed by atoms with E-state index in [-0.39, 0.29) is 11.5 Å². The molecule has 6 rings (SSSR count). The second-order valence-corrected chi connectivity index (χ2v) is 9.53. The molecule has 10 nitrogen and oxygen atoms in total. The lowest BCUT2D eigenvalue weighted by atomic mass is 10.1. The topological polar surface area (TPSA) is 116 Å². The number of nitrogens with zero attached hydrogens (tertiary/aromatic N) is 6. The van der Waals surface area contributed by atoms with E-state index in [9.17, 15) is 9.59 Å². The van der Waals surface area contributed by atoms with E-state index in [0.29, 0.717) is 56.3 Å². The summed E-state index contributed by atoms with van der Waals surface area (Å²) < 4.78 is 8.20. The van der Waals surface area contributed by atoms with Gasteiger partial charge in [-0.05, 0) is 50.2 Å². The molecule has 2 aromatic carbocycles. The lowest BCUT2D eigenvalue weighted by Crippen LogP contribution is -2.33. The molecule has 0 spiro atoms. The van der Waals surface area contributed by atoms with Crippen LogP contribution in [0.4, 0.5) is 0 Å². The molecule has 1 atom stereocenters. The largest absolute Gasteiger partial charge is 0.481 e. The van der Waals surface area contributed by atoms with Crippen molar-refractivity contribution in [1.82, 2.24) is 34.4 Å². The maximum atomic E-state index is 14.2. The zero-order valence-corrected chi connectivity index (χ0v) is 23.1. The monoisotopic (exact) mass is 555 g/mol. The number of benzene rings is 2. The van der Waals surface area contributed by atoms with E-state index in [0.717, 1.165) is 0 Å². The highest BCUT2D eigenvalue weighted by molar-refractivity contribution is 6.01. The van der Waals surface area contributed by atoms with E-state index in [1.807, 2.05) is 30.3 Å². The Morgan fingerprint density at radius 3 is 2.60 bits per heavy atom. The molecule has 10 heteroatoms. The van der Waals surface area contributed by atoms with Crippen molar-refractivity contribution in [3.63, 3.8) is 0 Å². The number of carbonyl (C=O) groups is 1. The summed E-state index contributed by atoms with van der Waals surface area (Å²) in [5.41, 5.74) is 3.34. The Balaban J connectivity index is 1.46. The van der Waals surface area contributed by atoms with Crippen molar-refractivity contribution in [3.8, 4) is 23.4 Å². The third-order valence-corrected chi connectivity index (χ3v) is 6.76. The highest BCUT2D eigenvalue weighted by Gasteiger charge is 2.24. The summed E-state index contributed by atoms with van der Waals surface area (Å²) in [5.74, 6) is 6.69. The SMILES string of the molecule is COc1ccc(C#Cc2cccc3nc(C(C)NC(=O)c4c(C)nn5cccnc45)n(-c4ccccc4)c(=O)c23)cn1. The predicted molar refractivity (Wildman–Crippen MR) is 158 cm³/mol. The first kappa shape index (κ1) is 26.4. The normalized spacial score (nSPS) is 11.6. The summed E-state index contributed by atoms with van der Waals surface area (Å²) in [5, 5.41) is 7.77. The molecule has 0 fully saturated rings. The minimum atomic E-state index is -0.645. The fourth-order valence-electron chi connectivity index (χ4n) is 4.78. The van der Waals surface area contributed by atoms with Gasteiger partial charge in [0.05, 0.1) is 35.4 Å². The van der Waals surface area contributed by atoms with Crippen LogP contribution in [-0.2, 0) is 0 Å². The first-order chi connectivity index (χ1) is 20.4. The Morgan fingerprint density at radius 2 is 1.83 bits per heavy atom. The van der Waals surface area contributed by atoms with Gasteiger partial charge in [-0.15, -0.1) is 0 Å². The number of aryl methyl sites for hydroxylation is 1. The maximum Gasteiger partial charge on any atom is 0.267 e. The van der Waals surface area contributed by atoms with Crippen molar-refractivity contribution in [2.24, 2.45) is 0 Å². The van der Waals surface area contributed by atoms with Gasteiger partial charge in [0.1, 0.15) is 11.4 Å². The van der Waals surface area contributed by atoms with Crippen LogP contribution in [0.2, 0.25) is 0 Å². The van der Waals surface area contributed by atoms with Gasteiger partial charge >= 0.3 is 0 Å². The third kappa shape index (κ3) is 4.84. The van der Waals surface area contributed by atoms with Gasteiger partial charge in [-0.1, -0.05) is 36.1 Å². The predicted octanol–water partition coefficient (Wildman–Crippen LogP) is 4.03. The number of aromatic nitrogens is 6. The number of nitrogens with one attached hydrogen (secondary N) is 1. The molecule has 42 heavy (non-hydrogen) atoms. The number of ether oxygens (including phenoxy) is 1. The van der Waals surface area contributed by atoms with Crippen LogP contribution < -0.4 is 15.6 Å². The number of fused-ring (bicyclic) bond motifs is 2. The van der Waals surface area contributed by atoms with E-state index in [4.69, 9.17) is 9.72 Å². The number of hydrogen-bond acceptors (Lipinski definition) is 7. The van der Waals surface area contributed by atoms with E-state index < -0.39 is 6.04 Å². The van der Waals surface area contributed by atoms with Gasteiger partial charge in [0, 0.05) is 35.8 Å². The molecule has 0 bridgehead atoms. The van der Waals surface area contributed by atoms with E-state index in [1.165, 1.54) is 4.57 Å². The Hall–Kier alpha value is -5.82. The maximum absolute atomic E-state index is 14.2. The van der Waals surface area contributed by atoms with Gasteiger partial charge in [-0.2, -0.15) is 5.10 Å². The Bertz CT molecular complexity index is 2070. The van der Waals surface area contributed by atoms with Crippen molar-refractivity contribution in [1.29, 1.82) is 0 Å². The molecule has 1 amide bonds. The van der Waals surface area contributed by atoms with Gasteiger partial charge in [0.15, 0.2) is 5.65 Å². The molecule has 1 unspecified atom stereocenters. The Kier molecular flexibility index (Phi) is 6.90. The van der Waals surface area contributed by atoms with Crippen molar-refractivity contribution >= 4 is 22.5 Å². The number of amides is 1. The quantitative estimate of drug-likeness (QED) is 0.319. The molecular formula is C32H25N7O3. The molecule has 206 valence electrons. The number of pyridine rings is 1. The van der Waals surface area contributed by atoms with Crippen LogP contribution in [0.25, 0.3) is 22.2 Å². The molecular weight excluding hydrogens is 530 g/mol. The fraction of sp³-hybridized carbons (Fsp3) is 0.125. The third-order valence-electron chi connectivity index (χ3n) is 6.76. The molecule has 4 heterocycles. The van der Waals surface area contributed by atoms with Crippen LogP contribution in [0, 0.1) is 18.8 Å². The second-order valence-electron chi connectivity index (χ2n) is 9.53. The Morgan fingerprint density at radius 1 is 1.00 bits per heavy atom. The smallest absolute Gasteiger partial charge is 0.267 e. The molecule has 4 aromatic heterocycles. The van der Waals surface area contributed by atoms with Crippen LogP contribution in [-0.4, -0.2) is 42.2 Å². The van der Waals surface area contributed by atoms with E-state index >= 15 is 0 Å². The van der Waals surface area contributed by atoms with E-state index in [1.54, 1.807) is 80.5 Å². The number of carbonyl (C=O) groups excluding carboxylic acids is 1. The molecule has 0 aliphatic carbocycles. The number of rotatable bonds is 5. The summed E-state index contributed by atoms with van der Waals surface area (Å²) in [6.07, 6.45) is 4.96. The van der Waals surface area contributed by atoms with Gasteiger partial charge in [-0.3, -0.25) is 14.2 Å². The Labute approximate surface area is 240 Å². The van der Waals surface area contributed by atoms with E-state index in [2.05, 4.69) is 32.2 Å². The summed E-state index contributed by atoms with van der Waals surface area (Å²) in [4.78, 5) is 41.1. The average molecular weight is 556 g/mol. The highest BCUT2D eigenvalue weighted by Crippen LogP contribution is 2.21.